The van der Waals surface area contributed by atoms with Crippen LogP contribution < -0.4 is 10.2 Å². The summed E-state index contributed by atoms with van der Waals surface area (Å²) in [7, 11) is 0. The predicted octanol–water partition coefficient (Wildman–Crippen LogP) is 1.84. The van der Waals surface area contributed by atoms with Gasteiger partial charge >= 0.3 is 0 Å². The quantitative estimate of drug-likeness (QED) is 0.888. The number of thiazole rings is 1. The molecule has 0 aromatic carbocycles. The largest absolute Gasteiger partial charge is 0.345 e. The van der Waals surface area contributed by atoms with Crippen LogP contribution in [-0.4, -0.2) is 64.8 Å². The van der Waals surface area contributed by atoms with E-state index in [0.717, 1.165) is 49.8 Å². The van der Waals surface area contributed by atoms with Crippen molar-refractivity contribution in [2.24, 2.45) is 0 Å². The minimum atomic E-state index is 0.0404. The maximum absolute atomic E-state index is 12.8. The van der Waals surface area contributed by atoms with Gasteiger partial charge in [-0.25, -0.2) is 4.98 Å². The SMILES string of the molecule is Cc1nc(N2CCN(C(=O)c3ccn(C4CCCNC4)n3)CC2)sc1C. The molecule has 1 atom stereocenters. The molecule has 26 heavy (non-hydrogen) atoms. The van der Waals surface area contributed by atoms with E-state index in [0.29, 0.717) is 24.8 Å². The van der Waals surface area contributed by atoms with Gasteiger partial charge in [0.15, 0.2) is 5.13 Å². The predicted molar refractivity (Wildman–Crippen MR) is 103 cm³/mol. The van der Waals surface area contributed by atoms with Gasteiger partial charge in [-0.3, -0.25) is 9.48 Å². The molecule has 0 saturated carbocycles. The molecule has 4 heterocycles. The van der Waals surface area contributed by atoms with E-state index in [4.69, 9.17) is 0 Å². The molecule has 0 radical (unpaired) electrons. The summed E-state index contributed by atoms with van der Waals surface area (Å²) in [6.07, 6.45) is 4.22. The van der Waals surface area contributed by atoms with Crippen LogP contribution in [0.4, 0.5) is 5.13 Å². The Morgan fingerprint density at radius 3 is 2.73 bits per heavy atom. The lowest BCUT2D eigenvalue weighted by molar-refractivity contribution is 0.0739. The third-order valence-electron chi connectivity index (χ3n) is 5.33. The summed E-state index contributed by atoms with van der Waals surface area (Å²) in [6.45, 7) is 9.24. The number of hydrogen-bond acceptors (Lipinski definition) is 6. The first-order chi connectivity index (χ1) is 12.6. The highest BCUT2D eigenvalue weighted by Gasteiger charge is 2.26. The van der Waals surface area contributed by atoms with Crippen molar-refractivity contribution in [2.45, 2.75) is 32.7 Å². The van der Waals surface area contributed by atoms with Gasteiger partial charge in [0.05, 0.1) is 11.7 Å². The molecule has 2 aliphatic heterocycles. The monoisotopic (exact) mass is 374 g/mol. The minimum Gasteiger partial charge on any atom is -0.345 e. The zero-order chi connectivity index (χ0) is 18.1. The first-order valence-electron chi connectivity index (χ1n) is 9.36. The maximum Gasteiger partial charge on any atom is 0.274 e. The third-order valence-corrected chi connectivity index (χ3v) is 6.46. The number of carbonyl (C=O) groups excluding carboxylic acids is 1. The van der Waals surface area contributed by atoms with E-state index >= 15 is 0 Å². The van der Waals surface area contributed by atoms with E-state index in [1.165, 1.54) is 4.88 Å². The van der Waals surface area contributed by atoms with E-state index in [1.54, 1.807) is 11.3 Å². The fraction of sp³-hybridized carbons (Fsp3) is 0.611. The lowest BCUT2D eigenvalue weighted by Crippen LogP contribution is -2.49. The molecule has 140 valence electrons. The molecule has 0 aliphatic carbocycles. The molecule has 1 N–H and O–H groups in total. The summed E-state index contributed by atoms with van der Waals surface area (Å²) < 4.78 is 1.96. The van der Waals surface area contributed by atoms with Crippen molar-refractivity contribution in [1.82, 2.24) is 25.0 Å². The van der Waals surface area contributed by atoms with Crippen LogP contribution in [0.5, 0.6) is 0 Å². The van der Waals surface area contributed by atoms with Crippen LogP contribution in [0.1, 0.15) is 39.9 Å². The molecule has 4 rings (SSSR count). The molecule has 2 fully saturated rings. The Hall–Kier alpha value is -1.93. The van der Waals surface area contributed by atoms with Crippen molar-refractivity contribution in [1.29, 1.82) is 0 Å². The standard InChI is InChI=1S/C18H26N6OS/c1-13-14(2)26-18(20-13)23-10-8-22(9-11-23)17(25)16-5-7-24(21-16)15-4-3-6-19-12-15/h5,7,15,19H,3-4,6,8-12H2,1-2H3. The third kappa shape index (κ3) is 3.48. The van der Waals surface area contributed by atoms with E-state index < -0.39 is 0 Å². The summed E-state index contributed by atoms with van der Waals surface area (Å²) in [4.78, 5) is 22.9. The molecular weight excluding hydrogens is 348 g/mol. The van der Waals surface area contributed by atoms with E-state index in [1.807, 2.05) is 28.8 Å². The molecule has 0 bridgehead atoms. The summed E-state index contributed by atoms with van der Waals surface area (Å²) in [5, 5.41) is 9.03. The number of anilines is 1. The van der Waals surface area contributed by atoms with Gasteiger partial charge < -0.3 is 15.1 Å². The number of amides is 1. The smallest absolute Gasteiger partial charge is 0.274 e. The van der Waals surface area contributed by atoms with Crippen LogP contribution in [-0.2, 0) is 0 Å². The molecule has 1 unspecified atom stereocenters. The number of piperidine rings is 1. The highest BCUT2D eigenvalue weighted by Crippen LogP contribution is 2.26. The van der Waals surface area contributed by atoms with Crippen molar-refractivity contribution in [3.05, 3.63) is 28.5 Å². The maximum atomic E-state index is 12.8. The molecule has 7 nitrogen and oxygen atoms in total. The lowest BCUT2D eigenvalue weighted by Gasteiger charge is -2.34. The minimum absolute atomic E-state index is 0.0404. The second-order valence-electron chi connectivity index (χ2n) is 7.10. The Morgan fingerprint density at radius 1 is 1.27 bits per heavy atom. The fourth-order valence-electron chi connectivity index (χ4n) is 3.57. The second kappa shape index (κ2) is 7.36. The number of aryl methyl sites for hydroxylation is 2. The fourth-order valence-corrected chi connectivity index (χ4v) is 4.53. The van der Waals surface area contributed by atoms with Crippen LogP contribution in [0, 0.1) is 13.8 Å². The number of carbonyl (C=O) groups is 1. The Kier molecular flexibility index (Phi) is 4.95. The van der Waals surface area contributed by atoms with Gasteiger partial charge in [0.1, 0.15) is 5.69 Å². The summed E-state index contributed by atoms with van der Waals surface area (Å²) in [5.74, 6) is 0.0404. The van der Waals surface area contributed by atoms with Crippen LogP contribution in [0.15, 0.2) is 12.3 Å². The first-order valence-corrected chi connectivity index (χ1v) is 10.2. The number of aromatic nitrogens is 3. The van der Waals surface area contributed by atoms with E-state index in [2.05, 4.69) is 27.2 Å². The molecule has 2 saturated heterocycles. The second-order valence-corrected chi connectivity index (χ2v) is 8.28. The van der Waals surface area contributed by atoms with Crippen molar-refractivity contribution >= 4 is 22.4 Å². The van der Waals surface area contributed by atoms with Gasteiger partial charge in [-0.15, -0.1) is 11.3 Å². The Bertz CT molecular complexity index is 751. The Labute approximate surface area is 158 Å². The van der Waals surface area contributed by atoms with Crippen molar-refractivity contribution in [3.63, 3.8) is 0 Å². The van der Waals surface area contributed by atoms with Gasteiger partial charge in [-0.1, -0.05) is 0 Å². The van der Waals surface area contributed by atoms with Crippen molar-refractivity contribution in [2.75, 3.05) is 44.2 Å². The van der Waals surface area contributed by atoms with Gasteiger partial charge in [-0.2, -0.15) is 5.10 Å². The van der Waals surface area contributed by atoms with E-state index in [9.17, 15) is 4.79 Å². The van der Waals surface area contributed by atoms with Crippen LogP contribution in [0.2, 0.25) is 0 Å². The number of hydrogen-bond donors (Lipinski definition) is 1. The van der Waals surface area contributed by atoms with Crippen LogP contribution in [0.25, 0.3) is 0 Å². The van der Waals surface area contributed by atoms with Gasteiger partial charge in [0, 0.05) is 43.8 Å². The van der Waals surface area contributed by atoms with Crippen molar-refractivity contribution in [3.8, 4) is 0 Å². The van der Waals surface area contributed by atoms with Crippen LogP contribution in [0.3, 0.4) is 0 Å². The molecule has 2 aliphatic rings. The lowest BCUT2D eigenvalue weighted by atomic mass is 10.1. The number of nitrogens with zero attached hydrogens (tertiary/aromatic N) is 5. The number of rotatable bonds is 3. The Morgan fingerprint density at radius 2 is 2.08 bits per heavy atom. The zero-order valence-corrected chi connectivity index (χ0v) is 16.3. The summed E-state index contributed by atoms with van der Waals surface area (Å²) >= 11 is 1.74. The zero-order valence-electron chi connectivity index (χ0n) is 15.4. The average Bonchev–Trinajstić information content (AvgIpc) is 3.30. The summed E-state index contributed by atoms with van der Waals surface area (Å²) in [6, 6.07) is 2.22. The molecule has 2 aromatic heterocycles. The molecule has 8 heteroatoms. The molecule has 0 spiro atoms. The van der Waals surface area contributed by atoms with Gasteiger partial charge in [0.25, 0.3) is 5.91 Å². The van der Waals surface area contributed by atoms with Gasteiger partial charge in [-0.05, 0) is 39.3 Å². The van der Waals surface area contributed by atoms with Crippen LogP contribution >= 0.6 is 11.3 Å². The topological polar surface area (TPSA) is 66.3 Å². The normalized spacial score (nSPS) is 21.2. The highest BCUT2D eigenvalue weighted by atomic mass is 32.1. The van der Waals surface area contributed by atoms with Gasteiger partial charge in [0.2, 0.25) is 0 Å². The van der Waals surface area contributed by atoms with Crippen molar-refractivity contribution < 1.29 is 4.79 Å². The number of piperazine rings is 1. The summed E-state index contributed by atoms with van der Waals surface area (Å²) in [5.41, 5.74) is 1.66. The Balaban J connectivity index is 1.37. The van der Waals surface area contributed by atoms with E-state index in [-0.39, 0.29) is 5.91 Å². The molecule has 2 aromatic rings. The molecular formula is C18H26N6OS. The highest BCUT2D eigenvalue weighted by molar-refractivity contribution is 7.15. The number of nitrogens with one attached hydrogen (secondary N) is 1. The first kappa shape index (κ1) is 17.5. The average molecular weight is 375 g/mol. The molecule has 1 amide bonds.